The Balaban J connectivity index is 1.36. The second-order valence-corrected chi connectivity index (χ2v) is 11.4. The number of nitrogens with zero attached hydrogens (tertiary/aromatic N) is 3. The van der Waals surface area contributed by atoms with Gasteiger partial charge in [0, 0.05) is 50.6 Å². The summed E-state index contributed by atoms with van der Waals surface area (Å²) in [4.78, 5) is 7.94. The molecule has 32 heavy (non-hydrogen) atoms. The summed E-state index contributed by atoms with van der Waals surface area (Å²) in [5, 5.41) is 0. The molecule has 4 heteroatoms. The fourth-order valence-corrected chi connectivity index (χ4v) is 6.55. The third-order valence-electron chi connectivity index (χ3n) is 8.78. The van der Waals surface area contributed by atoms with Crippen LogP contribution in [0.25, 0.3) is 0 Å². The minimum Gasteiger partial charge on any atom is -0.372 e. The fraction of sp³-hybridized carbons (Fsp3) is 0.786. The van der Waals surface area contributed by atoms with Gasteiger partial charge in [-0.1, -0.05) is 13.3 Å². The Kier molecular flexibility index (Phi) is 6.72. The molecule has 2 atom stereocenters. The Bertz CT molecular complexity index is 748. The van der Waals surface area contributed by atoms with E-state index in [9.17, 15) is 0 Å². The van der Waals surface area contributed by atoms with Crippen molar-refractivity contribution in [3.63, 3.8) is 0 Å². The van der Waals surface area contributed by atoms with E-state index < -0.39 is 0 Å². The van der Waals surface area contributed by atoms with Crippen LogP contribution in [0.5, 0.6) is 0 Å². The Labute approximate surface area is 196 Å². The van der Waals surface area contributed by atoms with Crippen LogP contribution in [0.4, 0.5) is 11.4 Å². The molecule has 1 aromatic rings. The topological polar surface area (TPSA) is 19.0 Å². The number of piperazine rings is 1. The maximum atomic E-state index is 6.02. The minimum atomic E-state index is 0.308. The quantitative estimate of drug-likeness (QED) is 0.569. The second-order valence-electron chi connectivity index (χ2n) is 11.4. The number of anilines is 2. The van der Waals surface area contributed by atoms with Crippen molar-refractivity contribution in [3.8, 4) is 0 Å². The van der Waals surface area contributed by atoms with Crippen molar-refractivity contribution in [2.24, 2.45) is 5.41 Å². The van der Waals surface area contributed by atoms with Crippen LogP contribution in [0.15, 0.2) is 18.2 Å². The lowest BCUT2D eigenvalue weighted by Gasteiger charge is -2.40. The first-order valence-electron chi connectivity index (χ1n) is 13.6. The van der Waals surface area contributed by atoms with E-state index in [4.69, 9.17) is 4.74 Å². The van der Waals surface area contributed by atoms with Crippen LogP contribution in [0.3, 0.4) is 0 Å². The van der Waals surface area contributed by atoms with E-state index in [0.717, 1.165) is 24.4 Å². The molecule has 0 aromatic heterocycles. The molecule has 2 aliphatic carbocycles. The van der Waals surface area contributed by atoms with Gasteiger partial charge in [0.2, 0.25) is 0 Å². The van der Waals surface area contributed by atoms with Gasteiger partial charge in [-0.2, -0.15) is 0 Å². The average molecular weight is 440 g/mol. The van der Waals surface area contributed by atoms with Crippen molar-refractivity contribution in [3.05, 3.63) is 23.8 Å². The smallest absolute Gasteiger partial charge is 0.0726 e. The first-order chi connectivity index (χ1) is 15.5. The third kappa shape index (κ3) is 4.97. The molecule has 4 nitrogen and oxygen atoms in total. The molecule has 5 rings (SSSR count). The van der Waals surface area contributed by atoms with Crippen LogP contribution in [-0.2, 0) is 4.74 Å². The van der Waals surface area contributed by atoms with Crippen molar-refractivity contribution in [2.45, 2.75) is 90.3 Å². The maximum Gasteiger partial charge on any atom is 0.0726 e. The number of benzene rings is 1. The van der Waals surface area contributed by atoms with Crippen LogP contribution in [0.1, 0.15) is 83.6 Å². The first kappa shape index (κ1) is 22.5. The van der Waals surface area contributed by atoms with Gasteiger partial charge in [0.15, 0.2) is 0 Å². The highest BCUT2D eigenvalue weighted by atomic mass is 16.5. The summed E-state index contributed by atoms with van der Waals surface area (Å²) in [6, 6.07) is 7.45. The van der Waals surface area contributed by atoms with Crippen LogP contribution >= 0.6 is 0 Å². The number of morpholine rings is 1. The molecule has 0 bridgehead atoms. The molecule has 0 amide bonds. The highest BCUT2D eigenvalue weighted by molar-refractivity contribution is 5.64. The first-order valence-corrected chi connectivity index (χ1v) is 13.6. The zero-order valence-electron chi connectivity index (χ0n) is 20.8. The van der Waals surface area contributed by atoms with Gasteiger partial charge in [0.1, 0.15) is 0 Å². The van der Waals surface area contributed by atoms with Gasteiger partial charge in [0.05, 0.1) is 12.2 Å². The van der Waals surface area contributed by atoms with Gasteiger partial charge in [-0.05, 0) is 100 Å². The maximum absolute atomic E-state index is 6.02. The third-order valence-corrected chi connectivity index (χ3v) is 8.78. The van der Waals surface area contributed by atoms with Crippen LogP contribution in [-0.4, -0.2) is 62.9 Å². The van der Waals surface area contributed by atoms with Crippen LogP contribution in [0.2, 0.25) is 0 Å². The molecular weight excluding hydrogens is 394 g/mol. The second kappa shape index (κ2) is 9.54. The molecular formula is C28H45N3O. The van der Waals surface area contributed by atoms with E-state index in [1.807, 2.05) is 0 Å². The van der Waals surface area contributed by atoms with Crippen LogP contribution in [0, 0.1) is 5.41 Å². The number of hydrogen-bond donors (Lipinski definition) is 0. The zero-order chi connectivity index (χ0) is 22.1. The van der Waals surface area contributed by atoms with E-state index >= 15 is 0 Å². The predicted octanol–water partition coefficient (Wildman–Crippen LogP) is 5.66. The number of ether oxygens (including phenoxy) is 1. The summed E-state index contributed by atoms with van der Waals surface area (Å²) < 4.78 is 6.02. The Morgan fingerprint density at radius 3 is 2.22 bits per heavy atom. The normalized spacial score (nSPS) is 29.0. The lowest BCUT2D eigenvalue weighted by Crippen LogP contribution is -2.47. The summed E-state index contributed by atoms with van der Waals surface area (Å²) >= 11 is 0. The van der Waals surface area contributed by atoms with E-state index in [-0.39, 0.29) is 0 Å². The van der Waals surface area contributed by atoms with E-state index in [1.54, 1.807) is 5.56 Å². The average Bonchev–Trinajstić information content (AvgIpc) is 3.56. The predicted molar refractivity (Wildman–Crippen MR) is 135 cm³/mol. The molecule has 4 aliphatic rings. The zero-order valence-corrected chi connectivity index (χ0v) is 20.8. The molecule has 178 valence electrons. The van der Waals surface area contributed by atoms with Crippen molar-refractivity contribution in [1.82, 2.24) is 4.90 Å². The molecule has 1 aromatic carbocycles. The number of rotatable bonds is 6. The Morgan fingerprint density at radius 1 is 0.906 bits per heavy atom. The fourth-order valence-electron chi connectivity index (χ4n) is 6.55. The summed E-state index contributed by atoms with van der Waals surface area (Å²) in [6.45, 7) is 14.8. The Hall–Kier alpha value is -1.26. The monoisotopic (exact) mass is 439 g/mol. The van der Waals surface area contributed by atoms with E-state index in [1.165, 1.54) is 95.5 Å². The molecule has 2 saturated heterocycles. The standard InChI is InChI=1S/C28H45N3O/c1-4-5-14-29-15-17-30(18-16-29)27-7-6-25(31-20-22(2)32-23(3)21-31)19-26(27)24-8-10-28(11-9-24)12-13-28/h6-7,19,22-24H,4-5,8-18,20-21H2,1-3H3. The number of unbranched alkanes of at least 4 members (excludes halogenated alkanes) is 1. The van der Waals surface area contributed by atoms with Crippen molar-refractivity contribution in [1.29, 1.82) is 0 Å². The molecule has 4 fully saturated rings. The summed E-state index contributed by atoms with van der Waals surface area (Å²) in [7, 11) is 0. The highest BCUT2D eigenvalue weighted by Crippen LogP contribution is 2.59. The van der Waals surface area contributed by atoms with Gasteiger partial charge in [0.25, 0.3) is 0 Å². The summed E-state index contributed by atoms with van der Waals surface area (Å²) in [5.41, 5.74) is 5.36. The van der Waals surface area contributed by atoms with Crippen molar-refractivity contribution >= 4 is 11.4 Å². The van der Waals surface area contributed by atoms with Gasteiger partial charge >= 0.3 is 0 Å². The molecule has 1 spiro atoms. The molecule has 0 N–H and O–H groups in total. The lowest BCUT2D eigenvalue weighted by molar-refractivity contribution is -0.00522. The van der Waals surface area contributed by atoms with Gasteiger partial charge < -0.3 is 14.5 Å². The Morgan fingerprint density at radius 2 is 1.59 bits per heavy atom. The molecule has 2 unspecified atom stereocenters. The van der Waals surface area contributed by atoms with Gasteiger partial charge in [-0.25, -0.2) is 0 Å². The van der Waals surface area contributed by atoms with Gasteiger partial charge in [-0.15, -0.1) is 0 Å². The van der Waals surface area contributed by atoms with Crippen LogP contribution < -0.4 is 9.80 Å². The van der Waals surface area contributed by atoms with E-state index in [0.29, 0.717) is 12.2 Å². The summed E-state index contributed by atoms with van der Waals surface area (Å²) in [6.07, 6.45) is 11.9. The molecule has 0 radical (unpaired) electrons. The largest absolute Gasteiger partial charge is 0.372 e. The number of hydrogen-bond acceptors (Lipinski definition) is 4. The minimum absolute atomic E-state index is 0.308. The summed E-state index contributed by atoms with van der Waals surface area (Å²) in [5.74, 6) is 0.741. The lowest BCUT2D eigenvalue weighted by atomic mass is 9.76. The SMILES string of the molecule is CCCCN1CCN(c2ccc(N3CC(C)OC(C)C3)cc2C2CCC3(CC2)CC3)CC1. The molecule has 2 aliphatic heterocycles. The molecule has 2 saturated carbocycles. The van der Waals surface area contributed by atoms with Gasteiger partial charge in [-0.3, -0.25) is 4.90 Å². The highest BCUT2D eigenvalue weighted by Gasteiger charge is 2.45. The van der Waals surface area contributed by atoms with E-state index in [2.05, 4.69) is 53.7 Å². The van der Waals surface area contributed by atoms with Crippen molar-refractivity contribution in [2.75, 3.05) is 55.6 Å². The molecule has 2 heterocycles. The van der Waals surface area contributed by atoms with Crippen molar-refractivity contribution < 1.29 is 4.74 Å².